The summed E-state index contributed by atoms with van der Waals surface area (Å²) in [6.07, 6.45) is 2.27. The second-order valence-electron chi connectivity index (χ2n) is 11.0. The number of hydrogen-bond acceptors (Lipinski definition) is 6. The van der Waals surface area contributed by atoms with Crippen molar-refractivity contribution >= 4 is 40.7 Å². The molecule has 0 saturated carbocycles. The van der Waals surface area contributed by atoms with Gasteiger partial charge in [0.05, 0.1) is 28.9 Å². The van der Waals surface area contributed by atoms with Crippen molar-refractivity contribution in [1.82, 2.24) is 20.9 Å². The summed E-state index contributed by atoms with van der Waals surface area (Å²) < 4.78 is 5.62. The Morgan fingerprint density at radius 1 is 0.932 bits per heavy atom. The van der Waals surface area contributed by atoms with E-state index in [1.54, 1.807) is 7.11 Å². The molecule has 0 spiro atoms. The zero-order valence-corrected chi connectivity index (χ0v) is 25.8. The molecule has 4 N–H and O–H groups in total. The maximum Gasteiger partial charge on any atom is 0.241 e. The van der Waals surface area contributed by atoms with Crippen LogP contribution in [0.2, 0.25) is 10.0 Å². The molecule has 2 fully saturated rings. The molecule has 10 heteroatoms. The molecule has 3 heterocycles. The van der Waals surface area contributed by atoms with Crippen LogP contribution in [0.3, 0.4) is 0 Å². The molecule has 2 saturated heterocycles. The Balaban J connectivity index is 1.21. The fourth-order valence-electron chi connectivity index (χ4n) is 5.52. The van der Waals surface area contributed by atoms with Crippen molar-refractivity contribution in [1.29, 1.82) is 0 Å². The predicted molar refractivity (Wildman–Crippen MR) is 175 cm³/mol. The molecule has 0 aliphatic carbocycles. The summed E-state index contributed by atoms with van der Waals surface area (Å²) in [5.41, 5.74) is 6.47. The van der Waals surface area contributed by atoms with Gasteiger partial charge in [0.2, 0.25) is 17.7 Å². The van der Waals surface area contributed by atoms with Crippen LogP contribution in [0.4, 0.5) is 5.69 Å². The molecular weight excluding hydrogens is 597 g/mol. The van der Waals surface area contributed by atoms with Crippen LogP contribution in [0.15, 0.2) is 72.8 Å². The van der Waals surface area contributed by atoms with E-state index in [1.165, 1.54) is 0 Å². The number of nitrogens with one attached hydrogen (secondary N) is 4. The van der Waals surface area contributed by atoms with Crippen LogP contribution < -0.4 is 26.0 Å². The van der Waals surface area contributed by atoms with E-state index >= 15 is 0 Å². The summed E-state index contributed by atoms with van der Waals surface area (Å²) in [4.78, 5) is 28.5. The fraction of sp³-hybridized carbons (Fsp3) is 0.265. The lowest BCUT2D eigenvalue weighted by atomic mass is 9.96. The number of pyridine rings is 1. The van der Waals surface area contributed by atoms with E-state index < -0.39 is 0 Å². The second-order valence-corrected chi connectivity index (χ2v) is 11.8. The third-order valence-corrected chi connectivity index (χ3v) is 8.91. The number of nitrogens with zero attached hydrogens (tertiary/aromatic N) is 1. The van der Waals surface area contributed by atoms with E-state index in [0.717, 1.165) is 58.5 Å². The normalized spacial score (nSPS) is 17.6. The lowest BCUT2D eigenvalue weighted by Crippen LogP contribution is -2.50. The van der Waals surface area contributed by atoms with Crippen molar-refractivity contribution in [2.75, 3.05) is 25.5 Å². The first-order chi connectivity index (χ1) is 21.4. The Kier molecular flexibility index (Phi) is 9.14. The summed E-state index contributed by atoms with van der Waals surface area (Å²) in [6.45, 7) is 2.12. The third kappa shape index (κ3) is 6.44. The van der Waals surface area contributed by atoms with Gasteiger partial charge in [0.1, 0.15) is 0 Å². The number of methoxy groups -OCH3 is 1. The summed E-state index contributed by atoms with van der Waals surface area (Å²) in [5.74, 6) is 0.591. The molecule has 4 aromatic rings. The number of halogens is 2. The van der Waals surface area contributed by atoms with Gasteiger partial charge in [-0.2, -0.15) is 0 Å². The predicted octanol–water partition coefficient (Wildman–Crippen LogP) is 6.07. The fourth-order valence-corrected chi connectivity index (χ4v) is 6.18. The molecule has 1 aromatic heterocycles. The largest absolute Gasteiger partial charge is 0.481 e. The van der Waals surface area contributed by atoms with E-state index in [2.05, 4.69) is 21.3 Å². The third-order valence-electron chi connectivity index (χ3n) is 8.09. The van der Waals surface area contributed by atoms with E-state index in [-0.39, 0.29) is 23.9 Å². The molecule has 8 nitrogen and oxygen atoms in total. The average molecular weight is 631 g/mol. The monoisotopic (exact) mass is 629 g/mol. The Morgan fingerprint density at radius 2 is 1.61 bits per heavy atom. The quantitative estimate of drug-likeness (QED) is 0.170. The molecule has 2 atom stereocenters. The number of carbonyl (C=O) groups is 2. The molecule has 6 rings (SSSR count). The van der Waals surface area contributed by atoms with Crippen molar-refractivity contribution in [3.05, 3.63) is 88.4 Å². The maximum absolute atomic E-state index is 12.3. The smallest absolute Gasteiger partial charge is 0.241 e. The van der Waals surface area contributed by atoms with Crippen LogP contribution in [0.25, 0.3) is 33.5 Å². The average Bonchev–Trinajstić information content (AvgIpc) is 3.42. The highest BCUT2D eigenvalue weighted by Crippen LogP contribution is 2.42. The van der Waals surface area contributed by atoms with Crippen LogP contribution >= 0.6 is 23.2 Å². The molecule has 0 bridgehead atoms. The standard InChI is InChI=1S/C34H33Cl2N5O3/c1-44-34-21(18-37-19-23-13-15-30(42)39-23)10-14-28(41-34)27-7-3-6-26(32(27)36)25-5-2-4-24(31(25)35)20-8-11-22(12-9-20)40-33(43)29-16-17-38-29/h2-12,14,23,29,37-38H,13,15-19H2,1H3,(H,39,42)(H,40,43)/t23-,29+/m0/s1. The van der Waals surface area contributed by atoms with Crippen LogP contribution in [-0.4, -0.2) is 49.1 Å². The van der Waals surface area contributed by atoms with Crippen LogP contribution in [0.1, 0.15) is 24.8 Å². The number of carbonyl (C=O) groups excluding carboxylic acids is 2. The zero-order valence-electron chi connectivity index (χ0n) is 24.3. The number of anilines is 1. The van der Waals surface area contributed by atoms with Gasteiger partial charge in [-0.3, -0.25) is 9.59 Å². The van der Waals surface area contributed by atoms with Gasteiger partial charge in [-0.05, 0) is 43.1 Å². The summed E-state index contributed by atoms with van der Waals surface area (Å²) in [7, 11) is 1.60. The summed E-state index contributed by atoms with van der Waals surface area (Å²) in [5, 5.41) is 13.5. The van der Waals surface area contributed by atoms with Gasteiger partial charge in [0.25, 0.3) is 0 Å². The lowest BCUT2D eigenvalue weighted by molar-refractivity contribution is -0.120. The number of ether oxygens (including phenoxy) is 1. The molecule has 3 aromatic carbocycles. The first-order valence-corrected chi connectivity index (χ1v) is 15.4. The second kappa shape index (κ2) is 13.4. The molecule has 0 unspecified atom stereocenters. The molecule has 226 valence electrons. The first kappa shape index (κ1) is 30.1. The molecule has 0 radical (unpaired) electrons. The number of benzene rings is 3. The van der Waals surface area contributed by atoms with Crippen molar-refractivity contribution in [2.24, 2.45) is 0 Å². The highest BCUT2D eigenvalue weighted by atomic mass is 35.5. The van der Waals surface area contributed by atoms with E-state index in [1.807, 2.05) is 72.8 Å². The number of hydrogen-bond donors (Lipinski definition) is 4. The maximum atomic E-state index is 12.3. The topological polar surface area (TPSA) is 104 Å². The van der Waals surface area contributed by atoms with E-state index in [4.69, 9.17) is 32.9 Å². The molecule has 2 aliphatic rings. The van der Waals surface area contributed by atoms with Crippen molar-refractivity contribution in [2.45, 2.75) is 37.9 Å². The molecule has 2 amide bonds. The highest BCUT2D eigenvalue weighted by molar-refractivity contribution is 6.39. The first-order valence-electron chi connectivity index (χ1n) is 14.7. The highest BCUT2D eigenvalue weighted by Gasteiger charge is 2.24. The Hall–Kier alpha value is -3.95. The van der Waals surface area contributed by atoms with Gasteiger partial charge in [0.15, 0.2) is 0 Å². The Morgan fingerprint density at radius 3 is 2.25 bits per heavy atom. The number of aromatic nitrogens is 1. The summed E-state index contributed by atoms with van der Waals surface area (Å²) >= 11 is 14.0. The van der Waals surface area contributed by atoms with Crippen LogP contribution in [0, 0.1) is 0 Å². The van der Waals surface area contributed by atoms with Gasteiger partial charge < -0.3 is 26.0 Å². The van der Waals surface area contributed by atoms with Gasteiger partial charge in [-0.25, -0.2) is 4.98 Å². The zero-order chi connectivity index (χ0) is 30.6. The minimum Gasteiger partial charge on any atom is -0.481 e. The Bertz CT molecular complexity index is 1690. The van der Waals surface area contributed by atoms with Crippen LogP contribution in [0.5, 0.6) is 5.88 Å². The molecular formula is C34H33Cl2N5O3. The minimum absolute atomic E-state index is 0.0208. The Labute approximate surface area is 266 Å². The minimum atomic E-state index is -0.120. The van der Waals surface area contributed by atoms with E-state index in [9.17, 15) is 9.59 Å². The lowest BCUT2D eigenvalue weighted by Gasteiger charge is -2.26. The van der Waals surface area contributed by atoms with Crippen LogP contribution in [-0.2, 0) is 16.1 Å². The van der Waals surface area contributed by atoms with Gasteiger partial charge in [0, 0.05) is 59.1 Å². The van der Waals surface area contributed by atoms with Crippen molar-refractivity contribution in [3.8, 4) is 39.4 Å². The SMILES string of the molecule is COc1nc(-c2cccc(-c3cccc(-c4ccc(NC(=O)[C@H]5CCN5)cc4)c3Cl)c2Cl)ccc1CNC[C@@H]1CCC(=O)N1. The number of amides is 2. The molecule has 2 aliphatic heterocycles. The van der Waals surface area contributed by atoms with E-state index in [0.29, 0.717) is 41.1 Å². The van der Waals surface area contributed by atoms with Gasteiger partial charge >= 0.3 is 0 Å². The summed E-state index contributed by atoms with van der Waals surface area (Å²) in [6, 6.07) is 23.3. The van der Waals surface area contributed by atoms with Crippen molar-refractivity contribution in [3.63, 3.8) is 0 Å². The van der Waals surface area contributed by atoms with Crippen molar-refractivity contribution < 1.29 is 14.3 Å². The molecule has 44 heavy (non-hydrogen) atoms. The number of rotatable bonds is 10. The van der Waals surface area contributed by atoms with Gasteiger partial charge in [-0.15, -0.1) is 0 Å². The van der Waals surface area contributed by atoms with Gasteiger partial charge in [-0.1, -0.05) is 77.8 Å².